The second-order valence-corrected chi connectivity index (χ2v) is 3.93. The lowest BCUT2D eigenvalue weighted by atomic mass is 10.2. The van der Waals surface area contributed by atoms with Crippen molar-refractivity contribution in [3.8, 4) is 17.1 Å². The SMILES string of the molecule is COc1cccc(-c2nc3cc(N)ccn3n2)c1. The summed E-state index contributed by atoms with van der Waals surface area (Å²) >= 11 is 0. The van der Waals surface area contributed by atoms with Gasteiger partial charge in [0.25, 0.3) is 0 Å². The highest BCUT2D eigenvalue weighted by molar-refractivity contribution is 5.61. The van der Waals surface area contributed by atoms with Crippen LogP contribution in [0.3, 0.4) is 0 Å². The van der Waals surface area contributed by atoms with Gasteiger partial charge in [-0.3, -0.25) is 0 Å². The Kier molecular flexibility index (Phi) is 2.37. The highest BCUT2D eigenvalue weighted by Crippen LogP contribution is 2.21. The Balaban J connectivity index is 2.13. The van der Waals surface area contributed by atoms with Crippen LogP contribution < -0.4 is 10.5 Å². The van der Waals surface area contributed by atoms with Crippen molar-refractivity contribution >= 4 is 11.3 Å². The normalized spacial score (nSPS) is 10.7. The van der Waals surface area contributed by atoms with Gasteiger partial charge in [-0.15, -0.1) is 5.10 Å². The highest BCUT2D eigenvalue weighted by Gasteiger charge is 2.07. The number of nitrogens with zero attached hydrogens (tertiary/aromatic N) is 3. The second-order valence-electron chi connectivity index (χ2n) is 3.93. The van der Waals surface area contributed by atoms with Gasteiger partial charge in [0.15, 0.2) is 11.5 Å². The van der Waals surface area contributed by atoms with Gasteiger partial charge in [0.2, 0.25) is 0 Å². The van der Waals surface area contributed by atoms with E-state index in [0.29, 0.717) is 11.5 Å². The molecule has 90 valence electrons. The van der Waals surface area contributed by atoms with Gasteiger partial charge in [-0.2, -0.15) is 0 Å². The average molecular weight is 240 g/mol. The van der Waals surface area contributed by atoms with Crippen LogP contribution in [0.2, 0.25) is 0 Å². The molecule has 0 unspecified atom stereocenters. The van der Waals surface area contributed by atoms with E-state index in [-0.39, 0.29) is 0 Å². The number of nitrogen functional groups attached to an aromatic ring is 1. The number of hydrogen-bond acceptors (Lipinski definition) is 4. The molecule has 0 aliphatic carbocycles. The predicted molar refractivity (Wildman–Crippen MR) is 69.4 cm³/mol. The molecule has 0 fully saturated rings. The minimum Gasteiger partial charge on any atom is -0.497 e. The summed E-state index contributed by atoms with van der Waals surface area (Å²) in [7, 11) is 1.64. The monoisotopic (exact) mass is 240 g/mol. The summed E-state index contributed by atoms with van der Waals surface area (Å²) in [6.07, 6.45) is 1.79. The molecule has 0 radical (unpaired) electrons. The Labute approximate surface area is 104 Å². The summed E-state index contributed by atoms with van der Waals surface area (Å²) in [5, 5.41) is 4.39. The van der Waals surface area contributed by atoms with E-state index in [1.165, 1.54) is 0 Å². The summed E-state index contributed by atoms with van der Waals surface area (Å²) in [5.41, 5.74) is 8.03. The van der Waals surface area contributed by atoms with Crippen molar-refractivity contribution in [2.75, 3.05) is 12.8 Å². The van der Waals surface area contributed by atoms with Crippen LogP contribution in [-0.2, 0) is 0 Å². The molecular formula is C13H12N4O. The van der Waals surface area contributed by atoms with Crippen molar-refractivity contribution in [1.29, 1.82) is 0 Å². The van der Waals surface area contributed by atoms with Gasteiger partial charge in [0, 0.05) is 23.5 Å². The summed E-state index contributed by atoms with van der Waals surface area (Å²) in [5.74, 6) is 1.44. The van der Waals surface area contributed by atoms with Crippen LogP contribution in [0.5, 0.6) is 5.75 Å². The van der Waals surface area contributed by atoms with Crippen molar-refractivity contribution in [3.63, 3.8) is 0 Å². The fourth-order valence-corrected chi connectivity index (χ4v) is 1.78. The summed E-state index contributed by atoms with van der Waals surface area (Å²) in [6.45, 7) is 0. The lowest BCUT2D eigenvalue weighted by Gasteiger charge is -2.00. The molecule has 1 aromatic carbocycles. The van der Waals surface area contributed by atoms with Crippen LogP contribution in [-0.4, -0.2) is 21.7 Å². The third-order valence-corrected chi connectivity index (χ3v) is 2.69. The molecule has 2 aromatic heterocycles. The number of anilines is 1. The van der Waals surface area contributed by atoms with E-state index in [1.807, 2.05) is 24.3 Å². The van der Waals surface area contributed by atoms with Crippen molar-refractivity contribution in [2.45, 2.75) is 0 Å². The van der Waals surface area contributed by atoms with Crippen LogP contribution in [0.25, 0.3) is 17.0 Å². The number of rotatable bonds is 2. The Bertz CT molecular complexity index is 705. The Morgan fingerprint density at radius 1 is 1.22 bits per heavy atom. The Hall–Kier alpha value is -2.56. The van der Waals surface area contributed by atoms with Gasteiger partial charge < -0.3 is 10.5 Å². The standard InChI is InChI=1S/C13H12N4O/c1-18-11-4-2-3-9(7-11)13-15-12-8-10(14)5-6-17(12)16-13/h2-8H,14H2,1H3. The van der Waals surface area contributed by atoms with Gasteiger partial charge in [-0.1, -0.05) is 12.1 Å². The number of nitrogens with two attached hydrogens (primary N) is 1. The van der Waals surface area contributed by atoms with E-state index in [1.54, 1.807) is 30.0 Å². The number of ether oxygens (including phenoxy) is 1. The van der Waals surface area contributed by atoms with E-state index < -0.39 is 0 Å². The average Bonchev–Trinajstić information content (AvgIpc) is 2.81. The van der Waals surface area contributed by atoms with Crippen molar-refractivity contribution < 1.29 is 4.74 Å². The molecule has 0 aliphatic rings. The lowest BCUT2D eigenvalue weighted by Crippen LogP contribution is -1.90. The molecule has 0 amide bonds. The van der Waals surface area contributed by atoms with Crippen molar-refractivity contribution in [2.24, 2.45) is 0 Å². The van der Waals surface area contributed by atoms with Crippen molar-refractivity contribution in [3.05, 3.63) is 42.6 Å². The molecule has 3 aromatic rings. The van der Waals surface area contributed by atoms with Crippen LogP contribution in [0, 0.1) is 0 Å². The van der Waals surface area contributed by atoms with Gasteiger partial charge in [-0.05, 0) is 18.2 Å². The van der Waals surface area contributed by atoms with E-state index in [2.05, 4.69) is 10.1 Å². The second kappa shape index (κ2) is 4.03. The quantitative estimate of drug-likeness (QED) is 0.744. The number of aromatic nitrogens is 3. The molecule has 18 heavy (non-hydrogen) atoms. The first-order valence-electron chi connectivity index (χ1n) is 5.52. The highest BCUT2D eigenvalue weighted by atomic mass is 16.5. The molecule has 0 spiro atoms. The third kappa shape index (κ3) is 1.75. The minimum atomic E-state index is 0.652. The topological polar surface area (TPSA) is 65.4 Å². The van der Waals surface area contributed by atoms with E-state index in [9.17, 15) is 0 Å². The fraction of sp³-hybridized carbons (Fsp3) is 0.0769. The van der Waals surface area contributed by atoms with Gasteiger partial charge in [-0.25, -0.2) is 9.50 Å². The molecule has 0 bridgehead atoms. The number of fused-ring (bicyclic) bond motifs is 1. The first-order valence-corrected chi connectivity index (χ1v) is 5.52. The third-order valence-electron chi connectivity index (χ3n) is 2.69. The number of benzene rings is 1. The first kappa shape index (κ1) is 10.6. The lowest BCUT2D eigenvalue weighted by molar-refractivity contribution is 0.415. The maximum atomic E-state index is 5.72. The van der Waals surface area contributed by atoms with Gasteiger partial charge in [0.1, 0.15) is 5.75 Å². The van der Waals surface area contributed by atoms with Crippen LogP contribution >= 0.6 is 0 Å². The van der Waals surface area contributed by atoms with Gasteiger partial charge >= 0.3 is 0 Å². The molecule has 2 N–H and O–H groups in total. The van der Waals surface area contributed by atoms with Crippen molar-refractivity contribution in [1.82, 2.24) is 14.6 Å². The summed E-state index contributed by atoms with van der Waals surface area (Å²) in [4.78, 5) is 4.44. The zero-order valence-corrected chi connectivity index (χ0v) is 9.87. The summed E-state index contributed by atoms with van der Waals surface area (Å²) < 4.78 is 6.89. The van der Waals surface area contributed by atoms with Crippen LogP contribution in [0.1, 0.15) is 0 Å². The maximum Gasteiger partial charge on any atom is 0.182 e. The number of hydrogen-bond donors (Lipinski definition) is 1. The molecule has 5 heteroatoms. The van der Waals surface area contributed by atoms with E-state index in [0.717, 1.165) is 17.0 Å². The zero-order valence-electron chi connectivity index (χ0n) is 9.87. The van der Waals surface area contributed by atoms with Crippen LogP contribution in [0.4, 0.5) is 5.69 Å². The molecule has 2 heterocycles. The smallest absolute Gasteiger partial charge is 0.182 e. The van der Waals surface area contributed by atoms with Gasteiger partial charge in [0.05, 0.1) is 7.11 Å². The predicted octanol–water partition coefficient (Wildman–Crippen LogP) is 1.99. The first-order chi connectivity index (χ1) is 8.76. The molecular weight excluding hydrogens is 228 g/mol. The van der Waals surface area contributed by atoms with E-state index >= 15 is 0 Å². The maximum absolute atomic E-state index is 5.72. The van der Waals surface area contributed by atoms with E-state index in [4.69, 9.17) is 10.5 Å². The van der Waals surface area contributed by atoms with Crippen LogP contribution in [0.15, 0.2) is 42.6 Å². The number of pyridine rings is 1. The summed E-state index contributed by atoms with van der Waals surface area (Å²) in [6, 6.07) is 11.2. The number of methoxy groups -OCH3 is 1. The molecule has 0 saturated heterocycles. The fourth-order valence-electron chi connectivity index (χ4n) is 1.78. The Morgan fingerprint density at radius 3 is 2.94 bits per heavy atom. The zero-order chi connectivity index (χ0) is 12.5. The molecule has 3 rings (SSSR count). The largest absolute Gasteiger partial charge is 0.497 e. The molecule has 5 nitrogen and oxygen atoms in total. The molecule has 0 atom stereocenters. The Morgan fingerprint density at radius 2 is 2.11 bits per heavy atom. The molecule has 0 saturated carbocycles. The molecule has 0 aliphatic heterocycles. The minimum absolute atomic E-state index is 0.652.